The van der Waals surface area contributed by atoms with E-state index in [4.69, 9.17) is 0 Å². The average molecular weight is 751 g/mol. The Morgan fingerprint density at radius 3 is 0.651 bits per heavy atom. The van der Waals surface area contributed by atoms with Crippen molar-refractivity contribution in [1.82, 2.24) is 19.9 Å². The normalized spacial score (nSPS) is 14.6. The van der Waals surface area contributed by atoms with Crippen LogP contribution in [0.1, 0.15) is 0 Å². The summed E-state index contributed by atoms with van der Waals surface area (Å²) in [6, 6.07) is 24.3. The van der Waals surface area contributed by atoms with E-state index in [-0.39, 0.29) is 19.5 Å². The second-order valence-electron chi connectivity index (χ2n) is 8.35. The Bertz CT molecular complexity index is 1620. The van der Waals surface area contributed by atoms with E-state index in [1.54, 1.807) is 24.8 Å². The number of hydrogen-bond donors (Lipinski definition) is 0. The maximum absolute atomic E-state index is 10.7. The van der Waals surface area contributed by atoms with Crippen LogP contribution < -0.4 is 0 Å². The minimum absolute atomic E-state index is 0. The molecule has 43 heavy (non-hydrogen) atoms. The molecule has 0 atom stereocenters. The molecule has 6 aromatic rings. The van der Waals surface area contributed by atoms with E-state index >= 15 is 0 Å². The number of hydrogen-bond acceptors (Lipinski definition) is 4. The molecule has 0 radical (unpaired) electrons. The molecule has 2 aromatic carbocycles. The number of pyridine rings is 4. The van der Waals surface area contributed by atoms with Gasteiger partial charge in [0.25, 0.3) is 0 Å². The van der Waals surface area contributed by atoms with Gasteiger partial charge in [0.05, 0.1) is 22.1 Å². The minimum atomic E-state index is -10.7. The van der Waals surface area contributed by atoms with Gasteiger partial charge in [0.1, 0.15) is 0 Å². The Morgan fingerprint density at radius 1 is 0.326 bits per heavy atom. The van der Waals surface area contributed by atoms with E-state index in [2.05, 4.69) is 68.5 Å². The van der Waals surface area contributed by atoms with Crippen LogP contribution in [0.3, 0.4) is 0 Å². The standard InChI is InChI=1S/2C12H8N2.2F6P.Ru/c2*1-3-9-5-6-10-4-2-8-14-12(10)11(9)13-7-1;2*1-7(2,3,4,5)6;/h2*1-8H;;;/q;;2*-1;+2. The second-order valence-corrected chi connectivity index (χ2v) is 12.2. The summed E-state index contributed by atoms with van der Waals surface area (Å²) in [7, 11) is -21.3. The van der Waals surface area contributed by atoms with Gasteiger partial charge in [-0.3, -0.25) is 19.9 Å². The van der Waals surface area contributed by atoms with Crippen molar-refractivity contribution in [2.24, 2.45) is 0 Å². The maximum Gasteiger partial charge on any atom is 2.00 e. The monoisotopic (exact) mass is 752 g/mol. The summed E-state index contributed by atoms with van der Waals surface area (Å²) < 4.78 is 118. The molecule has 0 fully saturated rings. The Kier molecular flexibility index (Phi) is 9.20. The third kappa shape index (κ3) is 15.1. The predicted molar refractivity (Wildman–Crippen MR) is 141 cm³/mol. The molecule has 0 N–H and O–H groups in total. The third-order valence-corrected chi connectivity index (χ3v) is 4.69. The van der Waals surface area contributed by atoms with E-state index in [0.29, 0.717) is 0 Å². The molecular formula is C24H16F12N4P2Ru. The quantitative estimate of drug-likeness (QED) is 0.0671. The zero-order chi connectivity index (χ0) is 31.6. The summed E-state index contributed by atoms with van der Waals surface area (Å²) in [6.07, 6.45) is 7.21. The predicted octanol–water partition coefficient (Wildman–Crippen LogP) is 12.3. The van der Waals surface area contributed by atoms with Crippen LogP contribution in [0.15, 0.2) is 97.6 Å². The van der Waals surface area contributed by atoms with Crippen molar-refractivity contribution in [1.29, 1.82) is 0 Å². The van der Waals surface area contributed by atoms with Gasteiger partial charge < -0.3 is 0 Å². The van der Waals surface area contributed by atoms with E-state index in [0.717, 1.165) is 43.6 Å². The molecule has 4 aromatic heterocycles. The van der Waals surface area contributed by atoms with E-state index in [1.807, 2.05) is 24.3 Å². The van der Waals surface area contributed by atoms with Crippen LogP contribution in [0.4, 0.5) is 50.4 Å². The number of rotatable bonds is 0. The number of aromatic nitrogens is 4. The third-order valence-electron chi connectivity index (χ3n) is 4.69. The molecule has 234 valence electrons. The maximum atomic E-state index is 9.87. The van der Waals surface area contributed by atoms with Crippen molar-refractivity contribution in [3.8, 4) is 0 Å². The number of fused-ring (bicyclic) bond motifs is 6. The van der Waals surface area contributed by atoms with Crippen molar-refractivity contribution >= 4 is 59.2 Å². The zero-order valence-electron chi connectivity index (χ0n) is 20.8. The van der Waals surface area contributed by atoms with Gasteiger partial charge in [-0.2, -0.15) is 0 Å². The first-order valence-corrected chi connectivity index (χ1v) is 15.2. The van der Waals surface area contributed by atoms with Crippen LogP contribution in [0.2, 0.25) is 0 Å². The zero-order valence-corrected chi connectivity index (χ0v) is 24.3. The summed E-state index contributed by atoms with van der Waals surface area (Å²) in [4.78, 5) is 17.4. The molecule has 6 rings (SSSR count). The van der Waals surface area contributed by atoms with Crippen LogP contribution in [-0.4, -0.2) is 19.9 Å². The van der Waals surface area contributed by atoms with E-state index < -0.39 is 15.6 Å². The van der Waals surface area contributed by atoms with E-state index in [1.165, 1.54) is 0 Å². The number of halogens is 12. The van der Waals surface area contributed by atoms with Crippen molar-refractivity contribution in [2.45, 2.75) is 0 Å². The second kappa shape index (κ2) is 11.0. The Balaban J connectivity index is 0.000000211. The Labute approximate surface area is 246 Å². The smallest absolute Gasteiger partial charge is 0.254 e. The van der Waals surface area contributed by atoms with Crippen LogP contribution in [0.5, 0.6) is 0 Å². The Hall–Kier alpha value is -3.28. The van der Waals surface area contributed by atoms with Crippen molar-refractivity contribution < 1.29 is 69.8 Å². The molecule has 0 aliphatic carbocycles. The van der Waals surface area contributed by atoms with Gasteiger partial charge in [0, 0.05) is 46.3 Å². The Morgan fingerprint density at radius 2 is 0.488 bits per heavy atom. The fourth-order valence-electron chi connectivity index (χ4n) is 3.36. The SMILES string of the molecule is F[P-](F)(F)(F)(F)F.F[P-](F)(F)(F)(F)F.[Ru+2].c1cnc2c(c1)ccc1cccnc12.c1cnc2c(c1)ccc1cccnc12. The topological polar surface area (TPSA) is 51.6 Å². The van der Waals surface area contributed by atoms with E-state index in [9.17, 15) is 50.4 Å². The molecule has 4 nitrogen and oxygen atoms in total. The first kappa shape index (κ1) is 35.9. The summed E-state index contributed by atoms with van der Waals surface area (Å²) >= 11 is 0. The van der Waals surface area contributed by atoms with Gasteiger partial charge in [-0.1, -0.05) is 48.5 Å². The van der Waals surface area contributed by atoms with Gasteiger partial charge in [-0.25, -0.2) is 0 Å². The molecule has 0 saturated heterocycles. The van der Waals surface area contributed by atoms with Gasteiger partial charge in [-0.05, 0) is 24.3 Å². The molecule has 0 unspecified atom stereocenters. The fraction of sp³-hybridized carbons (Fsp3) is 0. The molecular weight excluding hydrogens is 735 g/mol. The molecule has 0 amide bonds. The molecule has 4 heterocycles. The minimum Gasteiger partial charge on any atom is -0.254 e. The van der Waals surface area contributed by atoms with Crippen LogP contribution >= 0.6 is 15.6 Å². The summed E-state index contributed by atoms with van der Waals surface area (Å²) in [6.45, 7) is 0. The number of nitrogens with zero attached hydrogens (tertiary/aromatic N) is 4. The van der Waals surface area contributed by atoms with Gasteiger partial charge in [0.15, 0.2) is 0 Å². The van der Waals surface area contributed by atoms with Gasteiger partial charge in [0.2, 0.25) is 0 Å². The largest absolute Gasteiger partial charge is 2.00 e. The molecule has 0 spiro atoms. The van der Waals surface area contributed by atoms with Gasteiger partial charge >= 0.3 is 85.5 Å². The first-order chi connectivity index (χ1) is 18.8. The molecule has 0 aliphatic heterocycles. The molecule has 0 aliphatic rings. The number of benzene rings is 2. The van der Waals surface area contributed by atoms with Crippen molar-refractivity contribution in [3.63, 3.8) is 0 Å². The fourth-order valence-corrected chi connectivity index (χ4v) is 3.36. The summed E-state index contributed by atoms with van der Waals surface area (Å²) in [5, 5.41) is 4.55. The average Bonchev–Trinajstić information content (AvgIpc) is 2.85. The van der Waals surface area contributed by atoms with Crippen LogP contribution in [-0.2, 0) is 19.5 Å². The van der Waals surface area contributed by atoms with Crippen LogP contribution in [0, 0.1) is 0 Å². The molecule has 19 heteroatoms. The van der Waals surface area contributed by atoms with Crippen molar-refractivity contribution in [2.75, 3.05) is 0 Å². The summed E-state index contributed by atoms with van der Waals surface area (Å²) in [5.74, 6) is 0. The molecule has 0 bridgehead atoms. The summed E-state index contributed by atoms with van der Waals surface area (Å²) in [5.41, 5.74) is 3.91. The molecule has 0 saturated carbocycles. The van der Waals surface area contributed by atoms with Crippen LogP contribution in [0.25, 0.3) is 43.6 Å². The van der Waals surface area contributed by atoms with Gasteiger partial charge in [-0.15, -0.1) is 0 Å². The van der Waals surface area contributed by atoms with Crippen molar-refractivity contribution in [3.05, 3.63) is 97.6 Å². The first-order valence-electron chi connectivity index (χ1n) is 11.1.